The van der Waals surface area contributed by atoms with Crippen LogP contribution >= 0.6 is 23.6 Å². The van der Waals surface area contributed by atoms with Crippen molar-refractivity contribution in [1.82, 2.24) is 20.0 Å². The Morgan fingerprint density at radius 3 is 2.68 bits per heavy atom. The third kappa shape index (κ3) is 3.51. The van der Waals surface area contributed by atoms with Gasteiger partial charge in [0.15, 0.2) is 3.95 Å². The number of hydrogen-bond acceptors (Lipinski definition) is 4. The molecule has 0 amide bonds. The first kappa shape index (κ1) is 14.4. The number of aromatic nitrogens is 4. The van der Waals surface area contributed by atoms with Crippen molar-refractivity contribution in [2.24, 2.45) is 5.92 Å². The molecule has 4 nitrogen and oxygen atoms in total. The number of aryl methyl sites for hydroxylation is 2. The van der Waals surface area contributed by atoms with Gasteiger partial charge in [0.1, 0.15) is 5.01 Å². The van der Waals surface area contributed by atoms with E-state index in [0.29, 0.717) is 5.92 Å². The molecule has 0 aliphatic rings. The van der Waals surface area contributed by atoms with Crippen LogP contribution in [-0.2, 0) is 13.0 Å². The summed E-state index contributed by atoms with van der Waals surface area (Å²) in [4.78, 5) is 0. The Labute approximate surface area is 122 Å². The molecule has 0 atom stereocenters. The van der Waals surface area contributed by atoms with Gasteiger partial charge in [0, 0.05) is 24.2 Å². The summed E-state index contributed by atoms with van der Waals surface area (Å²) in [5, 5.41) is 12.7. The summed E-state index contributed by atoms with van der Waals surface area (Å²) in [6.45, 7) is 9.68. The van der Waals surface area contributed by atoms with Gasteiger partial charge in [-0.25, -0.2) is 0 Å². The zero-order valence-electron chi connectivity index (χ0n) is 11.9. The Kier molecular flexibility index (Phi) is 4.52. The van der Waals surface area contributed by atoms with Crippen molar-refractivity contribution in [2.75, 3.05) is 0 Å². The molecule has 104 valence electrons. The lowest BCUT2D eigenvalue weighted by atomic mass is 10.1. The molecule has 2 rings (SSSR count). The van der Waals surface area contributed by atoms with Gasteiger partial charge in [0.25, 0.3) is 0 Å². The molecular formula is C13H20N4S2. The van der Waals surface area contributed by atoms with Crippen molar-refractivity contribution in [3.05, 3.63) is 25.9 Å². The van der Waals surface area contributed by atoms with E-state index in [1.54, 1.807) is 0 Å². The predicted octanol–water partition coefficient (Wildman–Crippen LogP) is 3.65. The lowest BCUT2D eigenvalue weighted by molar-refractivity contribution is 0.479. The molecule has 6 heteroatoms. The smallest absolute Gasteiger partial charge is 0.176 e. The maximum atomic E-state index is 5.07. The zero-order valence-corrected chi connectivity index (χ0v) is 13.5. The number of hydrogen-bond donors (Lipinski definition) is 1. The van der Waals surface area contributed by atoms with Crippen LogP contribution in [0.15, 0.2) is 0 Å². The highest BCUT2D eigenvalue weighted by atomic mass is 32.1. The first-order chi connectivity index (χ1) is 8.97. The zero-order chi connectivity index (χ0) is 14.0. The predicted molar refractivity (Wildman–Crippen MR) is 81.3 cm³/mol. The van der Waals surface area contributed by atoms with Gasteiger partial charge in [-0.2, -0.15) is 10.2 Å². The SMILES string of the molecule is Cc1nn(CCC(C)C)c(C)c1Cc1n[nH]c(=S)s1. The van der Waals surface area contributed by atoms with E-state index in [1.807, 2.05) is 0 Å². The number of nitrogens with one attached hydrogen (secondary N) is 1. The van der Waals surface area contributed by atoms with E-state index in [1.165, 1.54) is 22.6 Å². The molecule has 2 heterocycles. The van der Waals surface area contributed by atoms with Crippen LogP contribution in [0.25, 0.3) is 0 Å². The third-order valence-corrected chi connectivity index (χ3v) is 4.35. The van der Waals surface area contributed by atoms with E-state index in [4.69, 9.17) is 12.2 Å². The Hall–Kier alpha value is -1.01. The molecule has 0 fully saturated rings. The van der Waals surface area contributed by atoms with Crippen LogP contribution in [0.2, 0.25) is 0 Å². The Bertz CT molecular complexity index is 606. The van der Waals surface area contributed by atoms with E-state index in [2.05, 4.69) is 47.7 Å². The second-order valence-corrected chi connectivity index (χ2v) is 6.99. The fourth-order valence-corrected chi connectivity index (χ4v) is 3.02. The second kappa shape index (κ2) is 5.96. The molecule has 2 aromatic rings. The third-order valence-electron chi connectivity index (χ3n) is 3.26. The second-order valence-electron chi connectivity index (χ2n) is 5.24. The number of aromatic amines is 1. The van der Waals surface area contributed by atoms with E-state index in [9.17, 15) is 0 Å². The fourth-order valence-electron chi connectivity index (χ4n) is 2.08. The molecule has 0 bridgehead atoms. The van der Waals surface area contributed by atoms with E-state index in [0.717, 1.165) is 34.0 Å². The minimum Gasteiger partial charge on any atom is -0.269 e. The van der Waals surface area contributed by atoms with E-state index >= 15 is 0 Å². The maximum absolute atomic E-state index is 5.07. The molecule has 0 radical (unpaired) electrons. The van der Waals surface area contributed by atoms with Gasteiger partial charge in [-0.15, -0.1) is 0 Å². The Balaban J connectivity index is 2.19. The molecule has 0 saturated heterocycles. The lowest BCUT2D eigenvalue weighted by Gasteiger charge is -2.07. The van der Waals surface area contributed by atoms with Crippen molar-refractivity contribution >= 4 is 23.6 Å². The topological polar surface area (TPSA) is 46.5 Å². The summed E-state index contributed by atoms with van der Waals surface area (Å²) < 4.78 is 2.86. The molecule has 0 aliphatic heterocycles. The van der Waals surface area contributed by atoms with Crippen LogP contribution in [0.5, 0.6) is 0 Å². The van der Waals surface area contributed by atoms with Gasteiger partial charge in [-0.05, 0) is 38.4 Å². The van der Waals surface area contributed by atoms with Gasteiger partial charge in [0.2, 0.25) is 0 Å². The number of H-pyrrole nitrogens is 1. The monoisotopic (exact) mass is 296 g/mol. The van der Waals surface area contributed by atoms with Crippen LogP contribution < -0.4 is 0 Å². The minimum absolute atomic E-state index is 0.698. The van der Waals surface area contributed by atoms with Gasteiger partial charge in [-0.1, -0.05) is 25.2 Å². The number of nitrogens with zero attached hydrogens (tertiary/aromatic N) is 3. The molecular weight excluding hydrogens is 276 g/mol. The summed E-state index contributed by atoms with van der Waals surface area (Å²) >= 11 is 6.61. The highest BCUT2D eigenvalue weighted by molar-refractivity contribution is 7.73. The van der Waals surface area contributed by atoms with Gasteiger partial charge < -0.3 is 0 Å². The molecule has 0 aliphatic carbocycles. The molecule has 19 heavy (non-hydrogen) atoms. The minimum atomic E-state index is 0.698. The average molecular weight is 296 g/mol. The van der Waals surface area contributed by atoms with Crippen molar-refractivity contribution in [3.8, 4) is 0 Å². The molecule has 0 unspecified atom stereocenters. The average Bonchev–Trinajstić information content (AvgIpc) is 2.85. The molecule has 1 N–H and O–H groups in total. The van der Waals surface area contributed by atoms with E-state index < -0.39 is 0 Å². The normalized spacial score (nSPS) is 11.4. The van der Waals surface area contributed by atoms with Crippen molar-refractivity contribution in [1.29, 1.82) is 0 Å². The molecule has 0 saturated carbocycles. The quantitative estimate of drug-likeness (QED) is 0.857. The Morgan fingerprint density at radius 1 is 1.37 bits per heavy atom. The van der Waals surface area contributed by atoms with Crippen LogP contribution in [0.4, 0.5) is 0 Å². The summed E-state index contributed by atoms with van der Waals surface area (Å²) in [6, 6.07) is 0. The summed E-state index contributed by atoms with van der Waals surface area (Å²) in [5.41, 5.74) is 3.63. The first-order valence-corrected chi connectivity index (χ1v) is 7.77. The molecule has 0 aromatic carbocycles. The Morgan fingerprint density at radius 2 is 2.11 bits per heavy atom. The van der Waals surface area contributed by atoms with Gasteiger partial charge >= 0.3 is 0 Å². The maximum Gasteiger partial charge on any atom is 0.176 e. The fraction of sp³-hybridized carbons (Fsp3) is 0.615. The van der Waals surface area contributed by atoms with Crippen LogP contribution in [0.1, 0.15) is 42.2 Å². The van der Waals surface area contributed by atoms with Crippen LogP contribution in [0.3, 0.4) is 0 Å². The first-order valence-electron chi connectivity index (χ1n) is 6.54. The highest BCUT2D eigenvalue weighted by Gasteiger charge is 2.13. The largest absolute Gasteiger partial charge is 0.269 e. The molecule has 0 spiro atoms. The standard InChI is InChI=1S/C13H20N4S2/c1-8(2)5-6-17-10(4)11(9(3)16-17)7-12-14-15-13(18)19-12/h8H,5-7H2,1-4H3,(H,15,18). The number of rotatable bonds is 5. The van der Waals surface area contributed by atoms with E-state index in [-0.39, 0.29) is 0 Å². The summed E-state index contributed by atoms with van der Waals surface area (Å²) in [7, 11) is 0. The van der Waals surface area contributed by atoms with Gasteiger partial charge in [0.05, 0.1) is 5.69 Å². The van der Waals surface area contributed by atoms with Crippen molar-refractivity contribution in [3.63, 3.8) is 0 Å². The van der Waals surface area contributed by atoms with Crippen molar-refractivity contribution in [2.45, 2.75) is 47.1 Å². The summed E-state index contributed by atoms with van der Waals surface area (Å²) in [6.07, 6.45) is 1.97. The van der Waals surface area contributed by atoms with Crippen molar-refractivity contribution < 1.29 is 0 Å². The summed E-state index contributed by atoms with van der Waals surface area (Å²) in [5.74, 6) is 0.698. The highest BCUT2D eigenvalue weighted by Crippen LogP contribution is 2.19. The van der Waals surface area contributed by atoms with Crippen LogP contribution in [0, 0.1) is 23.7 Å². The van der Waals surface area contributed by atoms with Gasteiger partial charge in [-0.3, -0.25) is 9.78 Å². The molecule has 2 aromatic heterocycles. The van der Waals surface area contributed by atoms with Crippen LogP contribution in [-0.4, -0.2) is 20.0 Å². The lowest BCUT2D eigenvalue weighted by Crippen LogP contribution is -2.05.